The molecule has 0 atom stereocenters. The van der Waals surface area contributed by atoms with Gasteiger partial charge in [-0.25, -0.2) is 0 Å². The number of anilines is 1. The van der Waals surface area contributed by atoms with Crippen LogP contribution in [-0.2, 0) is 12.7 Å². The number of alkyl halides is 6. The summed E-state index contributed by atoms with van der Waals surface area (Å²) in [5.74, 6) is -0.114. The van der Waals surface area contributed by atoms with Gasteiger partial charge in [-0.2, -0.15) is 42.9 Å². The molecule has 2 aromatic heterocycles. The van der Waals surface area contributed by atoms with Crippen molar-refractivity contribution < 1.29 is 30.8 Å². The molecule has 0 aliphatic heterocycles. The fourth-order valence-electron chi connectivity index (χ4n) is 2.50. The highest BCUT2D eigenvalue weighted by Crippen LogP contribution is 2.35. The molecular formula is C17H10F6N4OS. The highest BCUT2D eigenvalue weighted by Gasteiger charge is 2.36. The van der Waals surface area contributed by atoms with Crippen LogP contribution in [0.4, 0.5) is 32.0 Å². The third-order valence-corrected chi connectivity index (χ3v) is 4.41. The van der Waals surface area contributed by atoms with E-state index in [4.69, 9.17) is 9.68 Å². The molecule has 3 aromatic rings. The molecule has 3 rings (SSSR count). The van der Waals surface area contributed by atoms with E-state index in [1.165, 1.54) is 17.4 Å². The van der Waals surface area contributed by atoms with Gasteiger partial charge in [-0.05, 0) is 29.6 Å². The van der Waals surface area contributed by atoms with Crippen LogP contribution in [0, 0.1) is 11.3 Å². The van der Waals surface area contributed by atoms with Crippen molar-refractivity contribution in [3.05, 3.63) is 52.0 Å². The van der Waals surface area contributed by atoms with Crippen molar-refractivity contribution in [3.63, 3.8) is 0 Å². The number of hydrogen-bond donors (Lipinski definition) is 0. The first-order valence-corrected chi connectivity index (χ1v) is 8.79. The molecule has 0 amide bonds. The lowest BCUT2D eigenvalue weighted by atomic mass is 10.1. The summed E-state index contributed by atoms with van der Waals surface area (Å²) >= 11 is 1.35. The van der Waals surface area contributed by atoms with Crippen molar-refractivity contribution in [1.82, 2.24) is 10.2 Å². The summed E-state index contributed by atoms with van der Waals surface area (Å²) in [6.45, 7) is -2.12. The van der Waals surface area contributed by atoms with Gasteiger partial charge in [0.25, 0.3) is 0 Å². The SMILES string of the molecule is N#Cc1ccc(N(Cc2nnc(-c3ccsc3)o2)CC(F)(F)F)cc1C(F)(F)F. The number of nitrogens with zero attached hydrogens (tertiary/aromatic N) is 4. The molecule has 0 N–H and O–H groups in total. The van der Waals surface area contributed by atoms with Gasteiger partial charge >= 0.3 is 12.4 Å². The van der Waals surface area contributed by atoms with Crippen LogP contribution in [0.15, 0.2) is 39.4 Å². The molecule has 0 bridgehead atoms. The van der Waals surface area contributed by atoms with Gasteiger partial charge in [0, 0.05) is 16.6 Å². The van der Waals surface area contributed by atoms with Crippen LogP contribution in [0.5, 0.6) is 0 Å². The minimum Gasteiger partial charge on any atom is -0.419 e. The highest BCUT2D eigenvalue weighted by atomic mass is 32.1. The van der Waals surface area contributed by atoms with E-state index < -0.39 is 36.6 Å². The molecule has 0 fully saturated rings. The van der Waals surface area contributed by atoms with Crippen molar-refractivity contribution in [2.75, 3.05) is 11.4 Å². The van der Waals surface area contributed by atoms with Gasteiger partial charge < -0.3 is 9.32 Å². The van der Waals surface area contributed by atoms with E-state index in [1.807, 2.05) is 0 Å². The molecule has 152 valence electrons. The topological polar surface area (TPSA) is 66.0 Å². The average Bonchev–Trinajstić information content (AvgIpc) is 3.30. The maximum Gasteiger partial charge on any atom is 0.417 e. The fraction of sp³-hybridized carbons (Fsp3) is 0.235. The van der Waals surface area contributed by atoms with Crippen molar-refractivity contribution >= 4 is 17.0 Å². The van der Waals surface area contributed by atoms with Crippen LogP contribution in [-0.4, -0.2) is 22.9 Å². The molecule has 0 unspecified atom stereocenters. The number of rotatable bonds is 5. The molecule has 0 aliphatic rings. The van der Waals surface area contributed by atoms with Crippen LogP contribution in [0.3, 0.4) is 0 Å². The monoisotopic (exact) mass is 432 g/mol. The van der Waals surface area contributed by atoms with Gasteiger partial charge in [0.05, 0.1) is 23.7 Å². The van der Waals surface area contributed by atoms with Crippen LogP contribution >= 0.6 is 11.3 Å². The highest BCUT2D eigenvalue weighted by molar-refractivity contribution is 7.08. The third kappa shape index (κ3) is 5.05. The van der Waals surface area contributed by atoms with Crippen molar-refractivity contribution in [2.45, 2.75) is 18.9 Å². The Kier molecular flexibility index (Phi) is 5.52. The smallest absolute Gasteiger partial charge is 0.417 e. The zero-order valence-electron chi connectivity index (χ0n) is 14.3. The summed E-state index contributed by atoms with van der Waals surface area (Å²) in [5, 5.41) is 19.7. The van der Waals surface area contributed by atoms with Crippen molar-refractivity contribution in [1.29, 1.82) is 5.26 Å². The van der Waals surface area contributed by atoms with Gasteiger partial charge in [-0.15, -0.1) is 10.2 Å². The molecule has 2 heterocycles. The van der Waals surface area contributed by atoms with E-state index >= 15 is 0 Å². The predicted octanol–water partition coefficient (Wildman–Crippen LogP) is 5.26. The summed E-state index contributed by atoms with van der Waals surface area (Å²) in [5.41, 5.74) is -1.82. The summed E-state index contributed by atoms with van der Waals surface area (Å²) in [6.07, 6.45) is -9.61. The van der Waals surface area contributed by atoms with E-state index in [-0.39, 0.29) is 17.5 Å². The number of nitriles is 1. The average molecular weight is 432 g/mol. The van der Waals surface area contributed by atoms with Crippen molar-refractivity contribution in [2.24, 2.45) is 0 Å². The Morgan fingerprint density at radius 1 is 1.10 bits per heavy atom. The Balaban J connectivity index is 1.95. The standard InChI is InChI=1S/C17H10F6N4OS/c18-16(19,20)9-27(7-14-25-26-15(28-14)11-3-4-29-8-11)12-2-1-10(6-24)13(5-12)17(21,22)23/h1-5,8H,7,9H2. The molecule has 0 saturated carbocycles. The van der Waals surface area contributed by atoms with Gasteiger partial charge in [0.1, 0.15) is 6.54 Å². The minimum atomic E-state index is -4.90. The fourth-order valence-corrected chi connectivity index (χ4v) is 3.13. The second-order valence-electron chi connectivity index (χ2n) is 5.82. The molecule has 0 spiro atoms. The molecular weight excluding hydrogens is 422 g/mol. The number of halogens is 6. The molecule has 1 aromatic carbocycles. The predicted molar refractivity (Wildman–Crippen MR) is 90.9 cm³/mol. The second kappa shape index (κ2) is 7.75. The first kappa shape index (κ1) is 20.7. The number of benzene rings is 1. The molecule has 5 nitrogen and oxygen atoms in total. The maximum atomic E-state index is 13.2. The summed E-state index contributed by atoms with van der Waals surface area (Å²) in [4.78, 5) is 0.626. The van der Waals surface area contributed by atoms with Gasteiger partial charge in [0.15, 0.2) is 0 Å². The van der Waals surface area contributed by atoms with Crippen LogP contribution in [0.1, 0.15) is 17.0 Å². The Labute approximate surface area is 163 Å². The zero-order valence-corrected chi connectivity index (χ0v) is 15.1. The van der Waals surface area contributed by atoms with E-state index in [2.05, 4.69) is 10.2 Å². The van der Waals surface area contributed by atoms with Crippen LogP contribution in [0.2, 0.25) is 0 Å². The normalized spacial score (nSPS) is 12.0. The number of aromatic nitrogens is 2. The molecule has 29 heavy (non-hydrogen) atoms. The molecule has 12 heteroatoms. The first-order valence-electron chi connectivity index (χ1n) is 7.85. The Morgan fingerprint density at radius 3 is 2.45 bits per heavy atom. The summed E-state index contributed by atoms with van der Waals surface area (Å²) in [7, 11) is 0. The summed E-state index contributed by atoms with van der Waals surface area (Å²) in [6, 6.07) is 5.39. The van der Waals surface area contributed by atoms with Crippen LogP contribution < -0.4 is 4.90 Å². The lowest BCUT2D eigenvalue weighted by Crippen LogP contribution is -2.34. The molecule has 0 saturated heterocycles. The number of thiophene rings is 1. The Hall–Kier alpha value is -3.07. The number of hydrogen-bond acceptors (Lipinski definition) is 6. The minimum absolute atomic E-state index is 0.0871. The lowest BCUT2D eigenvalue weighted by molar-refractivity contribution is -0.137. The van der Waals surface area contributed by atoms with Gasteiger partial charge in [-0.3, -0.25) is 0 Å². The van der Waals surface area contributed by atoms with E-state index in [0.29, 0.717) is 16.5 Å². The zero-order chi connectivity index (χ0) is 21.2. The third-order valence-electron chi connectivity index (χ3n) is 3.73. The first-order chi connectivity index (χ1) is 13.6. The second-order valence-corrected chi connectivity index (χ2v) is 6.60. The quantitative estimate of drug-likeness (QED) is 0.515. The summed E-state index contributed by atoms with van der Waals surface area (Å²) < 4.78 is 83.9. The van der Waals surface area contributed by atoms with E-state index in [0.717, 1.165) is 12.1 Å². The van der Waals surface area contributed by atoms with Gasteiger partial charge in [0.2, 0.25) is 11.8 Å². The van der Waals surface area contributed by atoms with Crippen molar-refractivity contribution in [3.8, 4) is 17.5 Å². The lowest BCUT2D eigenvalue weighted by Gasteiger charge is -2.25. The maximum absolute atomic E-state index is 13.2. The van der Waals surface area contributed by atoms with E-state index in [1.54, 1.807) is 16.8 Å². The Bertz CT molecular complexity index is 1020. The Morgan fingerprint density at radius 2 is 1.86 bits per heavy atom. The van der Waals surface area contributed by atoms with E-state index in [9.17, 15) is 26.3 Å². The molecule has 0 aliphatic carbocycles. The molecule has 0 radical (unpaired) electrons. The van der Waals surface area contributed by atoms with Crippen LogP contribution in [0.25, 0.3) is 11.5 Å². The van der Waals surface area contributed by atoms with Gasteiger partial charge in [-0.1, -0.05) is 0 Å². The largest absolute Gasteiger partial charge is 0.419 e.